The lowest BCUT2D eigenvalue weighted by atomic mass is 10.0. The number of hydrogen-bond donors (Lipinski definition) is 0. The Morgan fingerprint density at radius 3 is 1.59 bits per heavy atom. The number of benzene rings is 4. The fourth-order valence-electron chi connectivity index (χ4n) is 7.91. The van der Waals surface area contributed by atoms with E-state index in [1.54, 1.807) is 0 Å². The molecule has 11 rings (SSSR count). The van der Waals surface area contributed by atoms with Crippen LogP contribution in [0.15, 0.2) is 188 Å². The zero-order chi connectivity index (χ0) is 37.0. The van der Waals surface area contributed by atoms with Gasteiger partial charge in [0, 0.05) is 34.4 Å². The smallest absolute Gasteiger partial charge is 0.138 e. The Balaban J connectivity index is 1.10. The van der Waals surface area contributed by atoms with Gasteiger partial charge in [0.05, 0.1) is 61.6 Å². The van der Waals surface area contributed by atoms with E-state index in [0.29, 0.717) is 0 Å². The van der Waals surface area contributed by atoms with Crippen LogP contribution in [-0.4, -0.2) is 34.1 Å². The first-order valence-corrected chi connectivity index (χ1v) is 18.6. The van der Waals surface area contributed by atoms with Crippen LogP contribution in [0.25, 0.3) is 101 Å². The van der Waals surface area contributed by atoms with Crippen LogP contribution < -0.4 is 0 Å². The highest BCUT2D eigenvalue weighted by Crippen LogP contribution is 2.35. The predicted octanol–water partition coefficient (Wildman–Crippen LogP) is 11.5. The van der Waals surface area contributed by atoms with E-state index in [0.717, 1.165) is 101 Å². The molecule has 0 aliphatic carbocycles. The van der Waals surface area contributed by atoms with Gasteiger partial charge in [-0.25, -0.2) is 15.0 Å². The zero-order valence-corrected chi connectivity index (χ0v) is 30.0. The van der Waals surface area contributed by atoms with Crippen LogP contribution in [0.2, 0.25) is 0 Å². The molecule has 0 N–H and O–H groups in total. The number of hydrogen-bond acceptors (Lipinski definition) is 5. The van der Waals surface area contributed by atoms with Gasteiger partial charge in [0.2, 0.25) is 0 Å². The molecule has 0 unspecified atom stereocenters. The van der Waals surface area contributed by atoms with Gasteiger partial charge in [0.25, 0.3) is 0 Å². The molecular formula is C49H31N7. The van der Waals surface area contributed by atoms with Crippen molar-refractivity contribution in [2.45, 2.75) is 0 Å². The standard InChI is InChI=1S/C49H31N7/c1-2-13-32(14-3-1)38-19-9-20-39(52-38)41-30-34(33-15-8-16-35(29-33)55-43-22-6-4-17-36(43)48-45(55)24-11-27-50-48)31-42(53-41)40-21-10-26-47(54-40)56-44-23-7-5-18-37(44)49-46(56)25-12-28-51-49/h1-31H. The Morgan fingerprint density at radius 2 is 0.857 bits per heavy atom. The topological polar surface area (TPSA) is 74.3 Å². The monoisotopic (exact) mass is 717 g/mol. The summed E-state index contributed by atoms with van der Waals surface area (Å²) >= 11 is 0. The average Bonchev–Trinajstić information content (AvgIpc) is 3.80. The van der Waals surface area contributed by atoms with Crippen LogP contribution in [0.4, 0.5) is 0 Å². The van der Waals surface area contributed by atoms with Crippen LogP contribution in [-0.2, 0) is 0 Å². The maximum Gasteiger partial charge on any atom is 0.138 e. The van der Waals surface area contributed by atoms with E-state index in [1.807, 2.05) is 79.1 Å². The summed E-state index contributed by atoms with van der Waals surface area (Å²) in [6.07, 6.45) is 3.70. The summed E-state index contributed by atoms with van der Waals surface area (Å²) in [5, 5.41) is 2.21. The number of nitrogens with zero attached hydrogens (tertiary/aromatic N) is 7. The molecule has 0 saturated heterocycles. The molecule has 0 radical (unpaired) electrons. The van der Waals surface area contributed by atoms with Crippen molar-refractivity contribution in [1.29, 1.82) is 0 Å². The van der Waals surface area contributed by atoms with E-state index in [4.69, 9.17) is 24.9 Å². The van der Waals surface area contributed by atoms with Gasteiger partial charge in [-0.2, -0.15) is 0 Å². The first-order chi connectivity index (χ1) is 27.8. The molecule has 0 aliphatic rings. The van der Waals surface area contributed by atoms with Crippen LogP contribution in [0.1, 0.15) is 0 Å². The maximum atomic E-state index is 5.29. The summed E-state index contributed by atoms with van der Waals surface area (Å²) in [6, 6.07) is 60.4. The van der Waals surface area contributed by atoms with Gasteiger partial charge >= 0.3 is 0 Å². The first kappa shape index (κ1) is 31.7. The normalized spacial score (nSPS) is 11.6. The predicted molar refractivity (Wildman–Crippen MR) is 226 cm³/mol. The quantitative estimate of drug-likeness (QED) is 0.171. The Bertz CT molecular complexity index is 2990. The van der Waals surface area contributed by atoms with E-state index in [1.165, 1.54) is 0 Å². The lowest BCUT2D eigenvalue weighted by Crippen LogP contribution is -2.00. The summed E-state index contributed by atoms with van der Waals surface area (Å²) in [5.74, 6) is 0.793. The molecule has 262 valence electrons. The summed E-state index contributed by atoms with van der Waals surface area (Å²) in [6.45, 7) is 0. The van der Waals surface area contributed by atoms with Gasteiger partial charge in [-0.05, 0) is 96.1 Å². The number of para-hydroxylation sites is 2. The molecule has 0 fully saturated rings. The first-order valence-electron chi connectivity index (χ1n) is 18.6. The van der Waals surface area contributed by atoms with Crippen molar-refractivity contribution >= 4 is 43.9 Å². The number of fused-ring (bicyclic) bond motifs is 6. The lowest BCUT2D eigenvalue weighted by Gasteiger charge is -2.13. The van der Waals surface area contributed by atoms with Crippen LogP contribution in [0, 0.1) is 0 Å². The van der Waals surface area contributed by atoms with Crippen molar-refractivity contribution in [3.05, 3.63) is 188 Å². The molecule has 7 heteroatoms. The molecule has 0 amide bonds. The summed E-state index contributed by atoms with van der Waals surface area (Å²) in [5.41, 5.74) is 14.2. The molecule has 0 saturated carbocycles. The van der Waals surface area contributed by atoms with Gasteiger partial charge in [-0.1, -0.05) is 91.0 Å². The molecule has 0 spiro atoms. The van der Waals surface area contributed by atoms with Crippen LogP contribution in [0.3, 0.4) is 0 Å². The van der Waals surface area contributed by atoms with Crippen molar-refractivity contribution in [3.63, 3.8) is 0 Å². The molecule has 4 aromatic carbocycles. The number of pyridine rings is 5. The highest BCUT2D eigenvalue weighted by molar-refractivity contribution is 6.08. The van der Waals surface area contributed by atoms with Gasteiger partial charge in [-0.15, -0.1) is 0 Å². The van der Waals surface area contributed by atoms with Gasteiger partial charge in [0.15, 0.2) is 0 Å². The highest BCUT2D eigenvalue weighted by Gasteiger charge is 2.18. The minimum absolute atomic E-state index is 0.747. The number of rotatable bonds is 6. The summed E-state index contributed by atoms with van der Waals surface area (Å²) < 4.78 is 4.47. The van der Waals surface area contributed by atoms with Crippen LogP contribution in [0.5, 0.6) is 0 Å². The molecule has 0 atom stereocenters. The third-order valence-electron chi connectivity index (χ3n) is 10.4. The minimum Gasteiger partial charge on any atom is -0.308 e. The lowest BCUT2D eigenvalue weighted by molar-refractivity contribution is 1.07. The Morgan fingerprint density at radius 1 is 0.321 bits per heavy atom. The number of aromatic nitrogens is 7. The Labute approximate surface area is 321 Å². The second kappa shape index (κ2) is 13.0. The molecule has 0 aliphatic heterocycles. The van der Waals surface area contributed by atoms with E-state index in [9.17, 15) is 0 Å². The molecular weight excluding hydrogens is 687 g/mol. The van der Waals surface area contributed by atoms with E-state index in [2.05, 4.69) is 118 Å². The van der Waals surface area contributed by atoms with Crippen LogP contribution >= 0.6 is 0 Å². The molecule has 7 nitrogen and oxygen atoms in total. The van der Waals surface area contributed by atoms with E-state index in [-0.39, 0.29) is 0 Å². The van der Waals surface area contributed by atoms with Crippen molar-refractivity contribution in [2.75, 3.05) is 0 Å². The Hall–Kier alpha value is -7.77. The third-order valence-corrected chi connectivity index (χ3v) is 10.4. The average molecular weight is 718 g/mol. The van der Waals surface area contributed by atoms with E-state index >= 15 is 0 Å². The van der Waals surface area contributed by atoms with Crippen molar-refractivity contribution in [2.24, 2.45) is 0 Å². The Kier molecular flexibility index (Phi) is 7.35. The summed E-state index contributed by atoms with van der Waals surface area (Å²) in [4.78, 5) is 25.2. The van der Waals surface area contributed by atoms with E-state index < -0.39 is 0 Å². The molecule has 11 aromatic rings. The second-order valence-corrected chi connectivity index (χ2v) is 13.8. The van der Waals surface area contributed by atoms with Crippen molar-refractivity contribution in [3.8, 4) is 56.7 Å². The fourth-order valence-corrected chi connectivity index (χ4v) is 7.91. The second-order valence-electron chi connectivity index (χ2n) is 13.8. The van der Waals surface area contributed by atoms with Gasteiger partial charge in [-0.3, -0.25) is 14.5 Å². The molecule has 7 aromatic heterocycles. The van der Waals surface area contributed by atoms with Crippen molar-refractivity contribution in [1.82, 2.24) is 34.1 Å². The fraction of sp³-hybridized carbons (Fsp3) is 0. The van der Waals surface area contributed by atoms with Gasteiger partial charge in [0.1, 0.15) is 5.82 Å². The highest BCUT2D eigenvalue weighted by atomic mass is 15.1. The minimum atomic E-state index is 0.747. The SMILES string of the molecule is c1ccc(-c2cccc(-c3cc(-c4cccc(-n5c6ccccc6c6ncccc65)c4)cc(-c4cccc(-n5c6ccccc6c6ncccc65)n4)n3)n2)cc1. The van der Waals surface area contributed by atoms with Crippen molar-refractivity contribution < 1.29 is 0 Å². The summed E-state index contributed by atoms with van der Waals surface area (Å²) in [7, 11) is 0. The van der Waals surface area contributed by atoms with Gasteiger partial charge < -0.3 is 4.57 Å². The molecule has 7 heterocycles. The molecule has 0 bridgehead atoms. The largest absolute Gasteiger partial charge is 0.308 e. The zero-order valence-electron chi connectivity index (χ0n) is 30.0. The maximum absolute atomic E-state index is 5.29. The third kappa shape index (κ3) is 5.25. The molecule has 56 heavy (non-hydrogen) atoms.